The Morgan fingerprint density at radius 1 is 1.03 bits per heavy atom. The van der Waals surface area contributed by atoms with Gasteiger partial charge in [-0.3, -0.25) is 4.79 Å². The van der Waals surface area contributed by atoms with Gasteiger partial charge in [-0.1, -0.05) is 30.3 Å². The smallest absolute Gasteiger partial charge is 0.337 e. The number of rotatable bonds is 7. The van der Waals surface area contributed by atoms with Crippen LogP contribution in [0.2, 0.25) is 0 Å². The molecule has 154 valence electrons. The highest BCUT2D eigenvalue weighted by atomic mass is 79.9. The van der Waals surface area contributed by atoms with Gasteiger partial charge in [0.15, 0.2) is 0 Å². The number of hydrogen-bond donors (Lipinski definition) is 0. The van der Waals surface area contributed by atoms with E-state index < -0.39 is 0 Å². The highest BCUT2D eigenvalue weighted by Crippen LogP contribution is 2.20. The van der Waals surface area contributed by atoms with Gasteiger partial charge >= 0.3 is 5.97 Å². The number of aromatic nitrogens is 1. The maximum atomic E-state index is 12.5. The van der Waals surface area contributed by atoms with Gasteiger partial charge in [0.2, 0.25) is 0 Å². The summed E-state index contributed by atoms with van der Waals surface area (Å²) in [4.78, 5) is 24.1. The second kappa shape index (κ2) is 10.1. The van der Waals surface area contributed by atoms with E-state index >= 15 is 0 Å². The second-order valence-corrected chi connectivity index (χ2v) is 7.46. The summed E-state index contributed by atoms with van der Waals surface area (Å²) >= 11 is 3.56. The molecule has 0 aliphatic rings. The van der Waals surface area contributed by atoms with Crippen molar-refractivity contribution in [3.05, 3.63) is 97.9 Å². The molecule has 3 rings (SSSR count). The van der Waals surface area contributed by atoms with Crippen LogP contribution in [0.5, 0.6) is 5.75 Å². The van der Waals surface area contributed by atoms with Crippen LogP contribution in [0.3, 0.4) is 0 Å². The van der Waals surface area contributed by atoms with Gasteiger partial charge < -0.3 is 14.0 Å². The molecule has 0 bridgehead atoms. The topological polar surface area (TPSA) is 57.5 Å². The van der Waals surface area contributed by atoms with E-state index in [2.05, 4.69) is 15.9 Å². The van der Waals surface area contributed by atoms with Crippen LogP contribution in [0.1, 0.15) is 27.2 Å². The number of esters is 1. The van der Waals surface area contributed by atoms with Crippen molar-refractivity contribution in [2.24, 2.45) is 0 Å². The van der Waals surface area contributed by atoms with Crippen molar-refractivity contribution < 1.29 is 14.3 Å². The van der Waals surface area contributed by atoms with Crippen LogP contribution >= 0.6 is 15.9 Å². The summed E-state index contributed by atoms with van der Waals surface area (Å²) in [5.74, 6) is 0.409. The zero-order chi connectivity index (χ0) is 21.5. The van der Waals surface area contributed by atoms with Gasteiger partial charge in [0.1, 0.15) is 5.75 Å². The summed E-state index contributed by atoms with van der Waals surface area (Å²) in [6.45, 7) is 0.508. The number of aryl methyl sites for hydroxylation is 1. The third kappa shape index (κ3) is 5.27. The molecule has 2 aromatic carbocycles. The summed E-state index contributed by atoms with van der Waals surface area (Å²) in [6.07, 6.45) is 4.52. The normalized spacial score (nSPS) is 10.9. The predicted octanol–water partition coefficient (Wildman–Crippen LogP) is 4.82. The first kappa shape index (κ1) is 21.6. The number of carbonyl (C=O) groups is 1. The minimum absolute atomic E-state index is 0.0744. The van der Waals surface area contributed by atoms with Gasteiger partial charge in [0.05, 0.1) is 25.5 Å². The van der Waals surface area contributed by atoms with Gasteiger partial charge in [-0.15, -0.1) is 0 Å². The first-order valence-electron chi connectivity index (χ1n) is 9.40. The largest absolute Gasteiger partial charge is 0.497 e. The van der Waals surface area contributed by atoms with Crippen molar-refractivity contribution in [3.63, 3.8) is 0 Å². The highest BCUT2D eigenvalue weighted by molar-refractivity contribution is 9.10. The maximum Gasteiger partial charge on any atom is 0.337 e. The monoisotopic (exact) mass is 467 g/mol. The number of carbonyl (C=O) groups excluding carboxylic acids is 1. The molecule has 0 spiro atoms. The molecule has 0 fully saturated rings. The number of benzene rings is 2. The third-order valence-electron chi connectivity index (χ3n) is 4.70. The van der Waals surface area contributed by atoms with Crippen LogP contribution in [0, 0.1) is 0 Å². The van der Waals surface area contributed by atoms with E-state index in [1.54, 1.807) is 35.9 Å². The molecule has 5 nitrogen and oxygen atoms in total. The Kier molecular flexibility index (Phi) is 7.25. The van der Waals surface area contributed by atoms with E-state index in [1.165, 1.54) is 7.11 Å². The molecule has 3 aromatic rings. The average Bonchev–Trinajstić information content (AvgIpc) is 2.78. The van der Waals surface area contributed by atoms with Crippen LogP contribution in [0.15, 0.2) is 69.9 Å². The fraction of sp³-hybridized carbons (Fsp3) is 0.167. The van der Waals surface area contributed by atoms with E-state index in [0.29, 0.717) is 18.5 Å². The number of nitrogens with zero attached hydrogens (tertiary/aromatic N) is 1. The van der Waals surface area contributed by atoms with E-state index in [0.717, 1.165) is 27.0 Å². The lowest BCUT2D eigenvalue weighted by molar-refractivity contribution is 0.0600. The van der Waals surface area contributed by atoms with Gasteiger partial charge in [0, 0.05) is 17.1 Å². The molecular weight excluding hydrogens is 446 g/mol. The van der Waals surface area contributed by atoms with Crippen molar-refractivity contribution in [1.82, 2.24) is 4.57 Å². The molecular formula is C24H22BrNO4. The SMILES string of the molecule is COC(=O)c1ccc(CCn2c(C=Cc3cccc(OC)c3)c(Br)ccc2=O)cc1. The van der Waals surface area contributed by atoms with E-state index in [1.807, 2.05) is 48.6 Å². The molecule has 0 saturated carbocycles. The van der Waals surface area contributed by atoms with Gasteiger partial charge in [-0.25, -0.2) is 4.79 Å². The molecule has 30 heavy (non-hydrogen) atoms. The molecule has 0 saturated heterocycles. The Balaban J connectivity index is 1.83. The van der Waals surface area contributed by atoms with Crippen LogP contribution in [0.4, 0.5) is 0 Å². The molecule has 0 atom stereocenters. The Hall–Kier alpha value is -3.12. The van der Waals surface area contributed by atoms with E-state index in [9.17, 15) is 9.59 Å². The number of ether oxygens (including phenoxy) is 2. The first-order chi connectivity index (χ1) is 14.5. The van der Waals surface area contributed by atoms with Crippen molar-refractivity contribution in [2.45, 2.75) is 13.0 Å². The Labute approximate surface area is 183 Å². The Morgan fingerprint density at radius 2 is 1.80 bits per heavy atom. The van der Waals surface area contributed by atoms with Crippen molar-refractivity contribution >= 4 is 34.1 Å². The maximum absolute atomic E-state index is 12.5. The number of hydrogen-bond acceptors (Lipinski definition) is 4. The predicted molar refractivity (Wildman–Crippen MR) is 122 cm³/mol. The molecule has 0 aliphatic carbocycles. The lowest BCUT2D eigenvalue weighted by Crippen LogP contribution is -2.22. The number of methoxy groups -OCH3 is 2. The summed E-state index contributed by atoms with van der Waals surface area (Å²) in [6, 6.07) is 18.2. The fourth-order valence-electron chi connectivity index (χ4n) is 3.05. The van der Waals surface area contributed by atoms with E-state index in [-0.39, 0.29) is 11.5 Å². The van der Waals surface area contributed by atoms with E-state index in [4.69, 9.17) is 9.47 Å². The van der Waals surface area contributed by atoms with Crippen molar-refractivity contribution in [1.29, 1.82) is 0 Å². The minimum atomic E-state index is -0.366. The third-order valence-corrected chi connectivity index (χ3v) is 5.37. The number of pyridine rings is 1. The highest BCUT2D eigenvalue weighted by Gasteiger charge is 2.08. The summed E-state index contributed by atoms with van der Waals surface area (Å²) in [7, 11) is 2.99. The molecule has 0 aliphatic heterocycles. The Morgan fingerprint density at radius 3 is 2.50 bits per heavy atom. The lowest BCUT2D eigenvalue weighted by atomic mass is 10.1. The Bertz CT molecular complexity index is 1120. The summed E-state index contributed by atoms with van der Waals surface area (Å²) < 4.78 is 12.6. The van der Waals surface area contributed by atoms with Gasteiger partial charge in [-0.05, 0) is 69.9 Å². The number of halogens is 1. The summed E-state index contributed by atoms with van der Waals surface area (Å²) in [5, 5.41) is 0. The summed E-state index contributed by atoms with van der Waals surface area (Å²) in [5.41, 5.74) is 3.22. The molecule has 0 N–H and O–H groups in total. The van der Waals surface area contributed by atoms with Crippen LogP contribution in [-0.2, 0) is 17.7 Å². The van der Waals surface area contributed by atoms with Crippen molar-refractivity contribution in [2.75, 3.05) is 14.2 Å². The quantitative estimate of drug-likeness (QED) is 0.467. The van der Waals surface area contributed by atoms with Crippen LogP contribution in [0.25, 0.3) is 12.2 Å². The lowest BCUT2D eigenvalue weighted by Gasteiger charge is -2.12. The molecule has 1 heterocycles. The molecule has 0 unspecified atom stereocenters. The molecule has 1 aromatic heterocycles. The minimum Gasteiger partial charge on any atom is -0.497 e. The van der Waals surface area contributed by atoms with Crippen LogP contribution in [-0.4, -0.2) is 24.8 Å². The van der Waals surface area contributed by atoms with Gasteiger partial charge in [-0.2, -0.15) is 0 Å². The zero-order valence-corrected chi connectivity index (χ0v) is 18.4. The fourth-order valence-corrected chi connectivity index (χ4v) is 3.53. The molecule has 0 radical (unpaired) electrons. The average molecular weight is 468 g/mol. The van der Waals surface area contributed by atoms with Crippen LogP contribution < -0.4 is 10.3 Å². The standard InChI is InChI=1S/C24H22BrNO4/c1-29-20-5-3-4-18(16-20)8-12-22-21(25)11-13-23(27)26(22)15-14-17-6-9-19(10-7-17)24(28)30-2/h3-13,16H,14-15H2,1-2H3. The second-order valence-electron chi connectivity index (χ2n) is 6.60. The zero-order valence-electron chi connectivity index (χ0n) is 16.8. The molecule has 6 heteroatoms. The first-order valence-corrected chi connectivity index (χ1v) is 10.2. The van der Waals surface area contributed by atoms with Crippen molar-refractivity contribution in [3.8, 4) is 5.75 Å². The molecule has 0 amide bonds. The van der Waals surface area contributed by atoms with Gasteiger partial charge in [0.25, 0.3) is 5.56 Å².